The highest BCUT2D eigenvalue weighted by Gasteiger charge is 2.16. The molecule has 0 amide bonds. The fourth-order valence-electron chi connectivity index (χ4n) is 2.66. The van der Waals surface area contributed by atoms with Gasteiger partial charge < -0.3 is 4.74 Å². The number of para-hydroxylation sites is 1. The predicted molar refractivity (Wildman–Crippen MR) is 104 cm³/mol. The van der Waals surface area contributed by atoms with Gasteiger partial charge in [-0.05, 0) is 36.8 Å². The molecular formula is C19H19ClN2O2S. The Morgan fingerprint density at radius 3 is 2.64 bits per heavy atom. The molecule has 0 bridgehead atoms. The molecule has 2 aromatic carbocycles. The van der Waals surface area contributed by atoms with Gasteiger partial charge in [0.25, 0.3) is 5.56 Å². The van der Waals surface area contributed by atoms with E-state index in [2.05, 4.69) is 0 Å². The van der Waals surface area contributed by atoms with Crippen molar-refractivity contribution in [1.82, 2.24) is 9.55 Å². The van der Waals surface area contributed by atoms with E-state index in [1.165, 1.54) is 0 Å². The topological polar surface area (TPSA) is 44.1 Å². The van der Waals surface area contributed by atoms with Gasteiger partial charge in [-0.25, -0.2) is 4.98 Å². The molecule has 3 aromatic rings. The van der Waals surface area contributed by atoms with Crippen LogP contribution < -0.4 is 5.56 Å². The van der Waals surface area contributed by atoms with E-state index >= 15 is 0 Å². The molecule has 1 unspecified atom stereocenters. The third kappa shape index (κ3) is 4.06. The first-order valence-electron chi connectivity index (χ1n) is 7.97. The minimum atomic E-state index is -0.0951. The molecule has 0 aliphatic carbocycles. The van der Waals surface area contributed by atoms with Gasteiger partial charge in [0, 0.05) is 17.9 Å². The van der Waals surface area contributed by atoms with Gasteiger partial charge in [0.2, 0.25) is 0 Å². The van der Waals surface area contributed by atoms with E-state index < -0.39 is 0 Å². The quantitative estimate of drug-likeness (QED) is 0.469. The summed E-state index contributed by atoms with van der Waals surface area (Å²) < 4.78 is 6.97. The smallest absolute Gasteiger partial charge is 0.262 e. The van der Waals surface area contributed by atoms with Crippen LogP contribution in [0.3, 0.4) is 0 Å². The number of nitrogens with zero attached hydrogens (tertiary/aromatic N) is 2. The van der Waals surface area contributed by atoms with E-state index in [0.717, 1.165) is 5.56 Å². The van der Waals surface area contributed by atoms with E-state index in [1.54, 1.807) is 23.4 Å². The lowest BCUT2D eigenvalue weighted by atomic mass is 10.2. The summed E-state index contributed by atoms with van der Waals surface area (Å²) in [6.07, 6.45) is 0. The molecule has 6 heteroatoms. The number of halogens is 1. The van der Waals surface area contributed by atoms with E-state index in [4.69, 9.17) is 21.3 Å². The fraction of sp³-hybridized carbons (Fsp3) is 0.263. The van der Waals surface area contributed by atoms with Crippen LogP contribution in [-0.2, 0) is 10.5 Å². The Bertz CT molecular complexity index is 925. The summed E-state index contributed by atoms with van der Waals surface area (Å²) in [6.45, 7) is 2.42. The second-order valence-corrected chi connectivity index (χ2v) is 7.19. The Balaban J connectivity index is 2.00. The highest BCUT2D eigenvalue weighted by Crippen LogP contribution is 2.25. The molecule has 0 N–H and O–H groups in total. The van der Waals surface area contributed by atoms with Gasteiger partial charge in [-0.3, -0.25) is 9.36 Å². The molecule has 0 aliphatic heterocycles. The Morgan fingerprint density at radius 1 is 1.20 bits per heavy atom. The number of thioether (sulfide) groups is 1. The second-order valence-electron chi connectivity index (χ2n) is 5.81. The van der Waals surface area contributed by atoms with Crippen LogP contribution in [0, 0.1) is 0 Å². The maximum absolute atomic E-state index is 13.0. The van der Waals surface area contributed by atoms with Gasteiger partial charge in [-0.1, -0.05) is 47.6 Å². The second kappa shape index (κ2) is 8.04. The van der Waals surface area contributed by atoms with E-state index in [1.807, 2.05) is 55.5 Å². The van der Waals surface area contributed by atoms with Crippen molar-refractivity contribution in [1.29, 1.82) is 0 Å². The summed E-state index contributed by atoms with van der Waals surface area (Å²) in [5, 5.41) is 2.03. The average molecular weight is 375 g/mol. The standard InChI is InChI=1S/C19H19ClN2O2S/c1-13(11-24-2)22-18(23)16-5-3-4-6-17(16)21-19(22)25-12-14-7-9-15(20)10-8-14/h3-10,13H,11-12H2,1-2H3. The molecule has 0 saturated heterocycles. The first kappa shape index (κ1) is 18.0. The van der Waals surface area contributed by atoms with Crippen LogP contribution in [0.2, 0.25) is 5.02 Å². The monoisotopic (exact) mass is 374 g/mol. The molecule has 25 heavy (non-hydrogen) atoms. The highest BCUT2D eigenvalue weighted by atomic mass is 35.5. The summed E-state index contributed by atoms with van der Waals surface area (Å²) in [7, 11) is 1.64. The predicted octanol–water partition coefficient (Wildman–Crippen LogP) is 4.55. The van der Waals surface area contributed by atoms with Crippen LogP contribution in [-0.4, -0.2) is 23.3 Å². The maximum atomic E-state index is 13.0. The first-order valence-corrected chi connectivity index (χ1v) is 9.34. The zero-order valence-electron chi connectivity index (χ0n) is 14.1. The van der Waals surface area contributed by atoms with Crippen molar-refractivity contribution in [3.05, 3.63) is 69.5 Å². The lowest BCUT2D eigenvalue weighted by Crippen LogP contribution is -2.28. The number of hydrogen-bond acceptors (Lipinski definition) is 4. The molecule has 0 aliphatic rings. The largest absolute Gasteiger partial charge is 0.383 e. The first-order chi connectivity index (χ1) is 12.1. The number of hydrogen-bond donors (Lipinski definition) is 0. The Kier molecular flexibility index (Phi) is 5.78. The normalized spacial score (nSPS) is 12.4. The number of methoxy groups -OCH3 is 1. The van der Waals surface area contributed by atoms with E-state index in [9.17, 15) is 4.79 Å². The van der Waals surface area contributed by atoms with Gasteiger partial charge in [-0.2, -0.15) is 0 Å². The number of ether oxygens (including phenoxy) is 1. The van der Waals surface area contributed by atoms with Gasteiger partial charge in [0.15, 0.2) is 5.16 Å². The van der Waals surface area contributed by atoms with Crippen molar-refractivity contribution in [2.24, 2.45) is 0 Å². The van der Waals surface area contributed by atoms with Crippen LogP contribution in [0.1, 0.15) is 18.5 Å². The Hall–Kier alpha value is -1.82. The SMILES string of the molecule is COCC(C)n1c(SCc2ccc(Cl)cc2)nc2ccccc2c1=O. The molecule has 1 atom stereocenters. The summed E-state index contributed by atoms with van der Waals surface area (Å²) in [5.74, 6) is 0.710. The molecule has 1 heterocycles. The van der Waals surface area contributed by atoms with Crippen LogP contribution in [0.4, 0.5) is 0 Å². The third-order valence-corrected chi connectivity index (χ3v) is 5.18. The molecule has 0 saturated carbocycles. The van der Waals surface area contributed by atoms with Crippen molar-refractivity contribution in [2.45, 2.75) is 23.9 Å². The van der Waals surface area contributed by atoms with Crippen molar-refractivity contribution in [3.8, 4) is 0 Å². The summed E-state index contributed by atoms with van der Waals surface area (Å²) in [5.41, 5.74) is 1.81. The van der Waals surface area contributed by atoms with Crippen molar-refractivity contribution in [3.63, 3.8) is 0 Å². The van der Waals surface area contributed by atoms with Crippen molar-refractivity contribution < 1.29 is 4.74 Å². The molecular weight excluding hydrogens is 356 g/mol. The lowest BCUT2D eigenvalue weighted by molar-refractivity contribution is 0.156. The van der Waals surface area contributed by atoms with Crippen LogP contribution in [0.15, 0.2) is 58.5 Å². The number of fused-ring (bicyclic) bond motifs is 1. The molecule has 1 aromatic heterocycles. The number of aromatic nitrogens is 2. The zero-order chi connectivity index (χ0) is 17.8. The minimum Gasteiger partial charge on any atom is -0.383 e. The van der Waals surface area contributed by atoms with Crippen LogP contribution >= 0.6 is 23.4 Å². The molecule has 0 radical (unpaired) electrons. The summed E-state index contributed by atoms with van der Waals surface area (Å²) in [4.78, 5) is 17.7. The van der Waals surface area contributed by atoms with Crippen LogP contribution in [0.5, 0.6) is 0 Å². The average Bonchev–Trinajstić information content (AvgIpc) is 2.61. The molecule has 4 nitrogen and oxygen atoms in total. The van der Waals surface area contributed by atoms with Crippen LogP contribution in [0.25, 0.3) is 10.9 Å². The fourth-order valence-corrected chi connectivity index (χ4v) is 3.84. The molecule has 3 rings (SSSR count). The minimum absolute atomic E-state index is 0.0336. The van der Waals surface area contributed by atoms with Crippen molar-refractivity contribution in [2.75, 3.05) is 13.7 Å². The number of rotatable bonds is 6. The molecule has 130 valence electrons. The zero-order valence-corrected chi connectivity index (χ0v) is 15.7. The molecule has 0 fully saturated rings. The van der Waals surface area contributed by atoms with Gasteiger partial charge in [0.1, 0.15) is 0 Å². The Morgan fingerprint density at radius 2 is 1.92 bits per heavy atom. The van der Waals surface area contributed by atoms with E-state index in [0.29, 0.717) is 33.4 Å². The van der Waals surface area contributed by atoms with Gasteiger partial charge in [0.05, 0.1) is 23.6 Å². The van der Waals surface area contributed by atoms with Gasteiger partial charge in [-0.15, -0.1) is 0 Å². The summed E-state index contributed by atoms with van der Waals surface area (Å²) >= 11 is 7.48. The van der Waals surface area contributed by atoms with Gasteiger partial charge >= 0.3 is 0 Å². The number of benzene rings is 2. The summed E-state index contributed by atoms with van der Waals surface area (Å²) in [6, 6.07) is 15.0. The van der Waals surface area contributed by atoms with Crippen molar-refractivity contribution >= 4 is 34.3 Å². The Labute approximate surface area is 155 Å². The maximum Gasteiger partial charge on any atom is 0.262 e. The molecule has 0 spiro atoms. The lowest BCUT2D eigenvalue weighted by Gasteiger charge is -2.18. The van der Waals surface area contributed by atoms with E-state index in [-0.39, 0.29) is 11.6 Å². The highest BCUT2D eigenvalue weighted by molar-refractivity contribution is 7.98. The third-order valence-electron chi connectivity index (χ3n) is 3.91.